The Bertz CT molecular complexity index is 753. The quantitative estimate of drug-likeness (QED) is 0.737. The Labute approximate surface area is 167 Å². The topological polar surface area (TPSA) is 38.8 Å². The first-order chi connectivity index (χ1) is 13.6. The number of piperidine rings is 1. The molecule has 4 nitrogen and oxygen atoms in total. The Kier molecular flexibility index (Phi) is 5.29. The SMILES string of the molecule is COc1ccc([C@@H]2[C@@H]3CCC[C@@H](C3)[C@H](c3ccc(OC)cc3)N2C(C)=O)cc1. The van der Waals surface area contributed by atoms with Gasteiger partial charge in [0, 0.05) is 6.92 Å². The van der Waals surface area contributed by atoms with Gasteiger partial charge in [-0.05, 0) is 66.5 Å². The zero-order valence-corrected chi connectivity index (χ0v) is 16.9. The van der Waals surface area contributed by atoms with Crippen LogP contribution in [0.4, 0.5) is 0 Å². The van der Waals surface area contributed by atoms with Crippen LogP contribution in [0.2, 0.25) is 0 Å². The number of hydrogen-bond acceptors (Lipinski definition) is 3. The summed E-state index contributed by atoms with van der Waals surface area (Å²) >= 11 is 0. The maximum atomic E-state index is 12.9. The van der Waals surface area contributed by atoms with E-state index < -0.39 is 0 Å². The number of likely N-dealkylation sites (tertiary alicyclic amines) is 1. The van der Waals surface area contributed by atoms with Crippen molar-refractivity contribution in [2.75, 3.05) is 14.2 Å². The average molecular weight is 380 g/mol. The van der Waals surface area contributed by atoms with Gasteiger partial charge in [-0.15, -0.1) is 0 Å². The number of ether oxygens (including phenoxy) is 2. The molecule has 0 N–H and O–H groups in total. The van der Waals surface area contributed by atoms with Gasteiger partial charge in [0.1, 0.15) is 11.5 Å². The van der Waals surface area contributed by atoms with Crippen LogP contribution in [-0.2, 0) is 4.79 Å². The number of amides is 1. The van der Waals surface area contributed by atoms with Crippen LogP contribution in [0.3, 0.4) is 0 Å². The number of hydrogen-bond donors (Lipinski definition) is 0. The number of methoxy groups -OCH3 is 2. The van der Waals surface area contributed by atoms with Gasteiger partial charge in [0.05, 0.1) is 26.3 Å². The Balaban J connectivity index is 1.76. The molecule has 0 radical (unpaired) electrons. The summed E-state index contributed by atoms with van der Waals surface area (Å²) in [5.74, 6) is 2.89. The minimum atomic E-state index is 0.118. The van der Waals surface area contributed by atoms with E-state index in [1.807, 2.05) is 24.3 Å². The molecule has 4 heteroatoms. The third-order valence-corrected chi connectivity index (χ3v) is 6.53. The van der Waals surface area contributed by atoms with E-state index in [2.05, 4.69) is 29.2 Å². The lowest BCUT2D eigenvalue weighted by Gasteiger charge is -2.53. The molecule has 1 saturated carbocycles. The van der Waals surface area contributed by atoms with E-state index in [9.17, 15) is 4.79 Å². The predicted octanol–water partition coefficient (Wildman–Crippen LogP) is 5.15. The number of nitrogens with zero attached hydrogens (tertiary/aromatic N) is 1. The molecule has 2 aromatic carbocycles. The lowest BCUT2D eigenvalue weighted by molar-refractivity contribution is -0.144. The summed E-state index contributed by atoms with van der Waals surface area (Å²) in [6, 6.07) is 16.8. The van der Waals surface area contributed by atoms with Gasteiger partial charge in [-0.3, -0.25) is 4.79 Å². The third kappa shape index (κ3) is 3.36. The fourth-order valence-electron chi connectivity index (χ4n) is 5.33. The van der Waals surface area contributed by atoms with Crippen LogP contribution >= 0.6 is 0 Å². The van der Waals surface area contributed by atoms with E-state index in [1.54, 1.807) is 21.1 Å². The minimum Gasteiger partial charge on any atom is -0.497 e. The number of rotatable bonds is 4. The molecule has 1 saturated heterocycles. The lowest BCUT2D eigenvalue weighted by Crippen LogP contribution is -2.49. The van der Waals surface area contributed by atoms with E-state index in [0.717, 1.165) is 11.5 Å². The molecule has 1 amide bonds. The molecular weight excluding hydrogens is 350 g/mol. The molecular formula is C24H29NO3. The number of carbonyl (C=O) groups excluding carboxylic acids is 1. The van der Waals surface area contributed by atoms with Crippen LogP contribution in [-0.4, -0.2) is 25.0 Å². The monoisotopic (exact) mass is 379 g/mol. The molecule has 0 unspecified atom stereocenters. The molecule has 148 valence electrons. The second kappa shape index (κ2) is 7.86. The van der Waals surface area contributed by atoms with Crippen LogP contribution in [0.15, 0.2) is 48.5 Å². The van der Waals surface area contributed by atoms with Gasteiger partial charge in [0.25, 0.3) is 0 Å². The molecule has 0 aromatic heterocycles. The maximum absolute atomic E-state index is 12.9. The van der Waals surface area contributed by atoms with Crippen molar-refractivity contribution < 1.29 is 14.3 Å². The van der Waals surface area contributed by atoms with E-state index >= 15 is 0 Å². The Hall–Kier alpha value is -2.49. The fourth-order valence-corrected chi connectivity index (χ4v) is 5.33. The van der Waals surface area contributed by atoms with Crippen LogP contribution in [0.1, 0.15) is 55.8 Å². The normalized spacial score (nSPS) is 26.6. The van der Waals surface area contributed by atoms with Gasteiger partial charge in [-0.2, -0.15) is 0 Å². The summed E-state index contributed by atoms with van der Waals surface area (Å²) in [4.78, 5) is 15.1. The second-order valence-corrected chi connectivity index (χ2v) is 8.05. The van der Waals surface area contributed by atoms with Crippen molar-refractivity contribution in [1.82, 2.24) is 4.90 Å². The van der Waals surface area contributed by atoms with Gasteiger partial charge in [0.15, 0.2) is 0 Å². The van der Waals surface area contributed by atoms with E-state index in [1.165, 1.54) is 36.8 Å². The number of benzene rings is 2. The van der Waals surface area contributed by atoms with Crippen molar-refractivity contribution in [3.05, 3.63) is 59.7 Å². The highest BCUT2D eigenvalue weighted by atomic mass is 16.5. The fraction of sp³-hybridized carbons (Fsp3) is 0.458. The van der Waals surface area contributed by atoms with Crippen molar-refractivity contribution >= 4 is 5.91 Å². The highest BCUT2D eigenvalue weighted by Crippen LogP contribution is 2.53. The highest BCUT2D eigenvalue weighted by molar-refractivity contribution is 5.75. The standard InChI is InChI=1S/C24H29NO3/c1-16(26)25-23(17-7-11-21(27-2)12-8-17)19-5-4-6-20(15-19)24(25)18-9-13-22(28-3)14-10-18/h7-14,19-20,23-24H,4-6,15H2,1-3H3/t19-,20+,23-,24+. The van der Waals surface area contributed by atoms with E-state index in [0.29, 0.717) is 11.8 Å². The number of fused-ring (bicyclic) bond motifs is 2. The Morgan fingerprint density at radius 1 is 0.821 bits per heavy atom. The predicted molar refractivity (Wildman–Crippen MR) is 109 cm³/mol. The summed E-state index contributed by atoms with van der Waals surface area (Å²) in [5, 5.41) is 0. The largest absolute Gasteiger partial charge is 0.497 e. The van der Waals surface area contributed by atoms with Crippen molar-refractivity contribution in [3.63, 3.8) is 0 Å². The zero-order chi connectivity index (χ0) is 19.7. The summed E-state index contributed by atoms with van der Waals surface area (Å²) in [5.41, 5.74) is 2.42. The van der Waals surface area contributed by atoms with Crippen molar-refractivity contribution in [2.24, 2.45) is 11.8 Å². The molecule has 2 aromatic rings. The van der Waals surface area contributed by atoms with E-state index in [4.69, 9.17) is 9.47 Å². The first-order valence-electron chi connectivity index (χ1n) is 10.2. The number of carbonyl (C=O) groups is 1. The van der Waals surface area contributed by atoms with Gasteiger partial charge in [0.2, 0.25) is 5.91 Å². The van der Waals surface area contributed by atoms with Gasteiger partial charge in [-0.1, -0.05) is 30.7 Å². The summed E-state index contributed by atoms with van der Waals surface area (Å²) in [7, 11) is 3.37. The first-order valence-corrected chi connectivity index (χ1v) is 10.2. The Morgan fingerprint density at radius 2 is 1.25 bits per heavy atom. The molecule has 2 fully saturated rings. The second-order valence-electron chi connectivity index (χ2n) is 8.05. The molecule has 28 heavy (non-hydrogen) atoms. The summed E-state index contributed by atoms with van der Waals surface area (Å²) < 4.78 is 10.7. The molecule has 1 aliphatic heterocycles. The molecule has 0 spiro atoms. The van der Waals surface area contributed by atoms with Crippen LogP contribution in [0.25, 0.3) is 0 Å². The molecule has 2 bridgehead atoms. The summed E-state index contributed by atoms with van der Waals surface area (Å²) in [6.07, 6.45) is 4.79. The van der Waals surface area contributed by atoms with Gasteiger partial charge in [-0.25, -0.2) is 0 Å². The van der Waals surface area contributed by atoms with Crippen LogP contribution in [0.5, 0.6) is 11.5 Å². The van der Waals surface area contributed by atoms with Gasteiger partial charge >= 0.3 is 0 Å². The van der Waals surface area contributed by atoms with Crippen molar-refractivity contribution in [1.29, 1.82) is 0 Å². The lowest BCUT2D eigenvalue weighted by atomic mass is 9.67. The van der Waals surface area contributed by atoms with Crippen LogP contribution in [0, 0.1) is 11.8 Å². The third-order valence-electron chi connectivity index (χ3n) is 6.53. The molecule has 2 aliphatic rings. The molecule has 1 aliphatic carbocycles. The average Bonchev–Trinajstić information content (AvgIpc) is 2.74. The summed E-state index contributed by atoms with van der Waals surface area (Å²) in [6.45, 7) is 1.72. The molecule has 4 atom stereocenters. The van der Waals surface area contributed by atoms with E-state index in [-0.39, 0.29) is 18.0 Å². The maximum Gasteiger partial charge on any atom is 0.220 e. The first kappa shape index (κ1) is 18.9. The van der Waals surface area contributed by atoms with Crippen molar-refractivity contribution in [2.45, 2.75) is 44.7 Å². The van der Waals surface area contributed by atoms with Crippen molar-refractivity contribution in [3.8, 4) is 11.5 Å². The smallest absolute Gasteiger partial charge is 0.220 e. The Morgan fingerprint density at radius 3 is 1.61 bits per heavy atom. The zero-order valence-electron chi connectivity index (χ0n) is 16.9. The molecule has 1 heterocycles. The highest BCUT2D eigenvalue weighted by Gasteiger charge is 2.46. The molecule has 4 rings (SSSR count). The van der Waals surface area contributed by atoms with Crippen LogP contribution < -0.4 is 9.47 Å². The van der Waals surface area contributed by atoms with Gasteiger partial charge < -0.3 is 14.4 Å². The minimum absolute atomic E-state index is 0.118.